The molecular weight excluding hydrogens is 254 g/mol. The van der Waals surface area contributed by atoms with Crippen molar-refractivity contribution in [1.82, 2.24) is 5.32 Å². The van der Waals surface area contributed by atoms with Gasteiger partial charge in [-0.05, 0) is 48.6 Å². The molecule has 0 spiro atoms. The van der Waals surface area contributed by atoms with E-state index in [0.29, 0.717) is 6.04 Å². The van der Waals surface area contributed by atoms with Gasteiger partial charge >= 0.3 is 0 Å². The molecule has 0 saturated carbocycles. The molecule has 1 atom stereocenters. The first kappa shape index (κ1) is 15.8. The van der Waals surface area contributed by atoms with E-state index in [2.05, 4.69) is 68.2 Å². The van der Waals surface area contributed by atoms with E-state index < -0.39 is 0 Å². The van der Waals surface area contributed by atoms with Crippen LogP contribution in [0.25, 0.3) is 10.8 Å². The van der Waals surface area contributed by atoms with Gasteiger partial charge in [-0.2, -0.15) is 0 Å². The highest BCUT2D eigenvalue weighted by molar-refractivity contribution is 5.82. The minimum Gasteiger partial charge on any atom is -0.313 e. The largest absolute Gasteiger partial charge is 0.313 e. The first-order valence-corrected chi connectivity index (χ1v) is 8.10. The standard InChI is InChI=1S/C20H27N/c1-4-12-21-20(13-16(3)5-2)15-17-10-11-18-8-6-7-9-19(18)14-17/h6-11,14,20-21H,3-5,12-13,15H2,1-2H3. The zero-order valence-electron chi connectivity index (χ0n) is 13.4. The molecule has 0 aromatic heterocycles. The molecule has 0 saturated heterocycles. The Morgan fingerprint density at radius 1 is 1.10 bits per heavy atom. The predicted molar refractivity (Wildman–Crippen MR) is 93.8 cm³/mol. The van der Waals surface area contributed by atoms with Gasteiger partial charge in [0, 0.05) is 6.04 Å². The average molecular weight is 281 g/mol. The summed E-state index contributed by atoms with van der Waals surface area (Å²) in [5.74, 6) is 0. The molecule has 1 N–H and O–H groups in total. The Balaban J connectivity index is 2.10. The van der Waals surface area contributed by atoms with Gasteiger partial charge in [0.25, 0.3) is 0 Å². The molecule has 0 aliphatic heterocycles. The van der Waals surface area contributed by atoms with Gasteiger partial charge in [0.2, 0.25) is 0 Å². The van der Waals surface area contributed by atoms with Gasteiger partial charge < -0.3 is 5.32 Å². The lowest BCUT2D eigenvalue weighted by Crippen LogP contribution is -2.32. The molecule has 0 bridgehead atoms. The van der Waals surface area contributed by atoms with Gasteiger partial charge in [-0.3, -0.25) is 0 Å². The second-order valence-electron chi connectivity index (χ2n) is 5.84. The number of nitrogens with one attached hydrogen (secondary N) is 1. The van der Waals surface area contributed by atoms with Gasteiger partial charge in [0.05, 0.1) is 0 Å². The topological polar surface area (TPSA) is 12.0 Å². The molecule has 21 heavy (non-hydrogen) atoms. The molecule has 2 aromatic rings. The summed E-state index contributed by atoms with van der Waals surface area (Å²) in [5, 5.41) is 6.32. The van der Waals surface area contributed by atoms with Crippen LogP contribution in [-0.2, 0) is 6.42 Å². The van der Waals surface area contributed by atoms with E-state index in [0.717, 1.165) is 25.8 Å². The summed E-state index contributed by atoms with van der Waals surface area (Å²) in [5.41, 5.74) is 2.75. The zero-order valence-corrected chi connectivity index (χ0v) is 13.4. The molecular formula is C20H27N. The van der Waals surface area contributed by atoms with Crippen LogP contribution in [0.3, 0.4) is 0 Å². The van der Waals surface area contributed by atoms with Gasteiger partial charge in [0.1, 0.15) is 0 Å². The van der Waals surface area contributed by atoms with Gasteiger partial charge in [-0.1, -0.05) is 68.5 Å². The van der Waals surface area contributed by atoms with Crippen LogP contribution in [-0.4, -0.2) is 12.6 Å². The summed E-state index contributed by atoms with van der Waals surface area (Å²) >= 11 is 0. The summed E-state index contributed by atoms with van der Waals surface area (Å²) in [7, 11) is 0. The highest BCUT2D eigenvalue weighted by atomic mass is 14.9. The maximum Gasteiger partial charge on any atom is 0.0144 e. The molecule has 1 unspecified atom stereocenters. The molecule has 0 heterocycles. The molecule has 1 nitrogen and oxygen atoms in total. The van der Waals surface area contributed by atoms with E-state index in [-0.39, 0.29) is 0 Å². The van der Waals surface area contributed by atoms with Crippen LogP contribution in [0.5, 0.6) is 0 Å². The Morgan fingerprint density at radius 3 is 2.57 bits per heavy atom. The summed E-state index contributed by atoms with van der Waals surface area (Å²) in [6.07, 6.45) is 4.39. The zero-order chi connectivity index (χ0) is 15.1. The maximum atomic E-state index is 4.17. The van der Waals surface area contributed by atoms with Crippen LogP contribution in [0.15, 0.2) is 54.6 Å². The summed E-state index contributed by atoms with van der Waals surface area (Å²) in [4.78, 5) is 0. The number of hydrogen-bond acceptors (Lipinski definition) is 1. The molecule has 0 aliphatic carbocycles. The normalized spacial score (nSPS) is 12.5. The summed E-state index contributed by atoms with van der Waals surface area (Å²) in [6, 6.07) is 15.9. The lowest BCUT2D eigenvalue weighted by atomic mass is 9.97. The molecule has 0 radical (unpaired) electrons. The smallest absolute Gasteiger partial charge is 0.0144 e. The number of fused-ring (bicyclic) bond motifs is 1. The molecule has 112 valence electrons. The van der Waals surface area contributed by atoms with Crippen molar-refractivity contribution in [3.8, 4) is 0 Å². The number of hydrogen-bond donors (Lipinski definition) is 1. The van der Waals surface area contributed by atoms with Crippen molar-refractivity contribution in [2.75, 3.05) is 6.54 Å². The van der Waals surface area contributed by atoms with E-state index in [1.54, 1.807) is 0 Å². The van der Waals surface area contributed by atoms with Gasteiger partial charge in [0.15, 0.2) is 0 Å². The third kappa shape index (κ3) is 4.71. The van der Waals surface area contributed by atoms with Gasteiger partial charge in [-0.15, -0.1) is 0 Å². The van der Waals surface area contributed by atoms with Crippen LogP contribution in [0.2, 0.25) is 0 Å². The van der Waals surface area contributed by atoms with Crippen molar-refractivity contribution < 1.29 is 0 Å². The van der Waals surface area contributed by atoms with Crippen LogP contribution in [0, 0.1) is 0 Å². The van der Waals surface area contributed by atoms with E-state index in [9.17, 15) is 0 Å². The van der Waals surface area contributed by atoms with Crippen LogP contribution in [0.4, 0.5) is 0 Å². The summed E-state index contributed by atoms with van der Waals surface area (Å²) in [6.45, 7) is 9.66. The first-order chi connectivity index (χ1) is 10.2. The predicted octanol–water partition coefficient (Wildman–Crippen LogP) is 5.11. The second kappa shape index (κ2) is 7.99. The van der Waals surface area contributed by atoms with E-state index in [1.165, 1.54) is 28.3 Å². The molecule has 0 amide bonds. The number of rotatable bonds is 8. The fourth-order valence-corrected chi connectivity index (χ4v) is 2.71. The maximum absolute atomic E-state index is 4.17. The molecule has 1 heteroatoms. The second-order valence-corrected chi connectivity index (χ2v) is 5.84. The van der Waals surface area contributed by atoms with Gasteiger partial charge in [-0.25, -0.2) is 0 Å². The quantitative estimate of drug-likeness (QED) is 0.663. The highest BCUT2D eigenvalue weighted by Crippen LogP contribution is 2.18. The van der Waals surface area contributed by atoms with Crippen LogP contribution >= 0.6 is 0 Å². The Labute approximate surface area is 129 Å². The SMILES string of the molecule is C=C(CC)CC(Cc1ccc2ccccc2c1)NCCC. The Kier molecular flexibility index (Phi) is 6.01. The minimum atomic E-state index is 0.499. The average Bonchev–Trinajstić information content (AvgIpc) is 2.52. The van der Waals surface area contributed by atoms with Crippen molar-refractivity contribution in [3.63, 3.8) is 0 Å². The Hall–Kier alpha value is -1.60. The molecule has 0 fully saturated rings. The molecule has 0 aliphatic rings. The Morgan fingerprint density at radius 2 is 1.86 bits per heavy atom. The van der Waals surface area contributed by atoms with E-state index >= 15 is 0 Å². The number of benzene rings is 2. The van der Waals surface area contributed by atoms with Crippen molar-refractivity contribution >= 4 is 10.8 Å². The van der Waals surface area contributed by atoms with Crippen molar-refractivity contribution in [3.05, 3.63) is 60.2 Å². The van der Waals surface area contributed by atoms with Crippen molar-refractivity contribution in [2.24, 2.45) is 0 Å². The summed E-state index contributed by atoms with van der Waals surface area (Å²) < 4.78 is 0. The highest BCUT2D eigenvalue weighted by Gasteiger charge is 2.10. The Bertz CT molecular complexity index is 585. The van der Waals surface area contributed by atoms with Crippen LogP contribution < -0.4 is 5.32 Å². The lowest BCUT2D eigenvalue weighted by Gasteiger charge is -2.20. The van der Waals surface area contributed by atoms with Crippen LogP contribution in [0.1, 0.15) is 38.7 Å². The monoisotopic (exact) mass is 281 g/mol. The molecule has 2 rings (SSSR count). The first-order valence-electron chi connectivity index (χ1n) is 8.10. The fourth-order valence-electron chi connectivity index (χ4n) is 2.71. The van der Waals surface area contributed by atoms with Crippen molar-refractivity contribution in [2.45, 2.75) is 45.6 Å². The third-order valence-corrected chi connectivity index (χ3v) is 4.01. The molecule has 2 aromatic carbocycles. The van der Waals surface area contributed by atoms with E-state index in [4.69, 9.17) is 0 Å². The third-order valence-electron chi connectivity index (χ3n) is 4.01. The minimum absolute atomic E-state index is 0.499. The van der Waals surface area contributed by atoms with E-state index in [1.807, 2.05) is 0 Å². The lowest BCUT2D eigenvalue weighted by molar-refractivity contribution is 0.500. The fraction of sp³-hybridized carbons (Fsp3) is 0.400. The van der Waals surface area contributed by atoms with Crippen molar-refractivity contribution in [1.29, 1.82) is 0 Å².